The molecular formula is C19H22FNO2. The lowest BCUT2D eigenvalue weighted by Gasteiger charge is -2.06. The highest BCUT2D eigenvalue weighted by molar-refractivity contribution is 5.79. The highest BCUT2D eigenvalue weighted by Crippen LogP contribution is 2.14. The van der Waals surface area contributed by atoms with Gasteiger partial charge in [-0.3, -0.25) is 4.99 Å². The Labute approximate surface area is 136 Å². The maximum absolute atomic E-state index is 13.1. The van der Waals surface area contributed by atoms with Gasteiger partial charge in [-0.15, -0.1) is 0 Å². The van der Waals surface area contributed by atoms with Crippen molar-refractivity contribution in [1.29, 1.82) is 0 Å². The van der Waals surface area contributed by atoms with Gasteiger partial charge in [0.15, 0.2) is 0 Å². The van der Waals surface area contributed by atoms with Crippen LogP contribution >= 0.6 is 0 Å². The first kappa shape index (κ1) is 17.2. The third-order valence-corrected chi connectivity index (χ3v) is 3.20. The minimum absolute atomic E-state index is 0.248. The Morgan fingerprint density at radius 3 is 2.70 bits per heavy atom. The summed E-state index contributed by atoms with van der Waals surface area (Å²) in [7, 11) is 0. The van der Waals surface area contributed by atoms with Gasteiger partial charge in [-0.1, -0.05) is 12.1 Å². The molecule has 0 saturated heterocycles. The van der Waals surface area contributed by atoms with Crippen LogP contribution in [-0.4, -0.2) is 26.0 Å². The van der Waals surface area contributed by atoms with E-state index in [0.29, 0.717) is 6.61 Å². The summed E-state index contributed by atoms with van der Waals surface area (Å²) in [6.07, 6.45) is 2.78. The van der Waals surface area contributed by atoms with E-state index in [1.54, 1.807) is 6.07 Å². The van der Waals surface area contributed by atoms with Gasteiger partial charge in [0.25, 0.3) is 0 Å². The lowest BCUT2D eigenvalue weighted by Crippen LogP contribution is -1.96. The van der Waals surface area contributed by atoms with Crippen molar-refractivity contribution in [1.82, 2.24) is 0 Å². The van der Waals surface area contributed by atoms with Crippen molar-refractivity contribution in [3.63, 3.8) is 0 Å². The highest BCUT2D eigenvalue weighted by atomic mass is 19.1. The molecule has 122 valence electrons. The van der Waals surface area contributed by atoms with Gasteiger partial charge in [0.05, 0.1) is 0 Å². The first-order valence-electron chi connectivity index (χ1n) is 7.83. The third-order valence-electron chi connectivity index (χ3n) is 3.20. The van der Waals surface area contributed by atoms with Crippen LogP contribution in [0.5, 0.6) is 5.75 Å². The molecule has 0 heterocycles. The SMILES string of the molecule is CCOCCC/N=C/c1ccc(OCc2cccc(F)c2)cc1. The van der Waals surface area contributed by atoms with E-state index in [9.17, 15) is 4.39 Å². The van der Waals surface area contributed by atoms with Gasteiger partial charge in [0.1, 0.15) is 18.2 Å². The van der Waals surface area contributed by atoms with Crippen LogP contribution in [0.2, 0.25) is 0 Å². The molecule has 2 aromatic carbocycles. The molecule has 0 atom stereocenters. The number of benzene rings is 2. The fourth-order valence-corrected chi connectivity index (χ4v) is 2.02. The van der Waals surface area contributed by atoms with Gasteiger partial charge in [-0.2, -0.15) is 0 Å². The van der Waals surface area contributed by atoms with E-state index in [1.807, 2.05) is 43.5 Å². The van der Waals surface area contributed by atoms with Crippen LogP contribution in [0.4, 0.5) is 4.39 Å². The minimum Gasteiger partial charge on any atom is -0.489 e. The number of hydrogen-bond donors (Lipinski definition) is 0. The van der Waals surface area contributed by atoms with Gasteiger partial charge >= 0.3 is 0 Å². The third kappa shape index (κ3) is 6.61. The second-order valence-corrected chi connectivity index (χ2v) is 5.07. The molecule has 4 heteroatoms. The molecule has 0 aliphatic rings. The van der Waals surface area contributed by atoms with Crippen LogP contribution in [0.25, 0.3) is 0 Å². The fraction of sp³-hybridized carbons (Fsp3) is 0.316. The molecule has 0 spiro atoms. The smallest absolute Gasteiger partial charge is 0.123 e. The number of hydrogen-bond acceptors (Lipinski definition) is 3. The largest absolute Gasteiger partial charge is 0.489 e. The summed E-state index contributed by atoms with van der Waals surface area (Å²) in [6.45, 7) is 4.60. The predicted molar refractivity (Wildman–Crippen MR) is 90.7 cm³/mol. The van der Waals surface area contributed by atoms with Gasteiger partial charge in [-0.25, -0.2) is 4.39 Å². The fourth-order valence-electron chi connectivity index (χ4n) is 2.02. The topological polar surface area (TPSA) is 30.8 Å². The molecule has 0 saturated carbocycles. The van der Waals surface area contributed by atoms with E-state index >= 15 is 0 Å². The molecule has 0 radical (unpaired) electrons. The molecule has 0 fully saturated rings. The van der Waals surface area contributed by atoms with Gasteiger partial charge in [0, 0.05) is 26.0 Å². The number of aliphatic imine (C=N–C) groups is 1. The molecule has 2 aromatic rings. The second kappa shape index (κ2) is 9.74. The maximum Gasteiger partial charge on any atom is 0.123 e. The Hall–Kier alpha value is -2.20. The van der Waals surface area contributed by atoms with Crippen molar-refractivity contribution < 1.29 is 13.9 Å². The minimum atomic E-state index is -0.248. The Morgan fingerprint density at radius 2 is 1.96 bits per heavy atom. The Kier molecular flexibility index (Phi) is 7.27. The number of nitrogens with zero attached hydrogens (tertiary/aromatic N) is 1. The molecule has 0 aromatic heterocycles. The average molecular weight is 315 g/mol. The lowest BCUT2D eigenvalue weighted by molar-refractivity contribution is 0.146. The molecule has 0 unspecified atom stereocenters. The summed E-state index contributed by atoms with van der Waals surface area (Å²) in [5, 5.41) is 0. The molecule has 0 aliphatic heterocycles. The quantitative estimate of drug-likeness (QED) is 0.511. The van der Waals surface area contributed by atoms with E-state index in [-0.39, 0.29) is 5.82 Å². The maximum atomic E-state index is 13.1. The molecule has 23 heavy (non-hydrogen) atoms. The number of ether oxygens (including phenoxy) is 2. The molecule has 0 N–H and O–H groups in total. The highest BCUT2D eigenvalue weighted by Gasteiger charge is 1.98. The zero-order valence-corrected chi connectivity index (χ0v) is 13.4. The van der Waals surface area contributed by atoms with Crippen molar-refractivity contribution in [2.75, 3.05) is 19.8 Å². The average Bonchev–Trinajstić information content (AvgIpc) is 2.57. The van der Waals surface area contributed by atoms with Crippen molar-refractivity contribution in [2.24, 2.45) is 4.99 Å². The summed E-state index contributed by atoms with van der Waals surface area (Å²) in [4.78, 5) is 4.36. The summed E-state index contributed by atoms with van der Waals surface area (Å²) >= 11 is 0. The van der Waals surface area contributed by atoms with Crippen molar-refractivity contribution >= 4 is 6.21 Å². The monoisotopic (exact) mass is 315 g/mol. The van der Waals surface area contributed by atoms with Crippen molar-refractivity contribution in [3.05, 3.63) is 65.5 Å². The normalized spacial score (nSPS) is 11.0. The lowest BCUT2D eigenvalue weighted by atomic mass is 10.2. The van der Waals surface area contributed by atoms with Crippen LogP contribution in [0, 0.1) is 5.82 Å². The molecular weight excluding hydrogens is 293 g/mol. The number of rotatable bonds is 9. The van der Waals surface area contributed by atoms with E-state index in [1.165, 1.54) is 12.1 Å². The van der Waals surface area contributed by atoms with Gasteiger partial charge in [-0.05, 0) is 60.9 Å². The summed E-state index contributed by atoms with van der Waals surface area (Å²) in [5.41, 5.74) is 1.84. The van der Waals surface area contributed by atoms with E-state index in [0.717, 1.165) is 43.1 Å². The van der Waals surface area contributed by atoms with Crippen LogP contribution in [0.15, 0.2) is 53.5 Å². The molecule has 3 nitrogen and oxygen atoms in total. The first-order chi connectivity index (χ1) is 11.3. The Balaban J connectivity index is 1.76. The first-order valence-corrected chi connectivity index (χ1v) is 7.83. The van der Waals surface area contributed by atoms with E-state index < -0.39 is 0 Å². The Bertz CT molecular complexity index is 611. The standard InChI is InChI=1S/C19H22FNO2/c1-2-22-12-4-11-21-14-16-7-9-19(10-8-16)23-15-17-5-3-6-18(20)13-17/h3,5-10,13-14H,2,4,11-12,15H2,1H3/b21-14+. The summed E-state index contributed by atoms with van der Waals surface area (Å²) < 4.78 is 24.0. The predicted octanol–water partition coefficient (Wildman–Crippen LogP) is 4.25. The number of halogens is 1. The van der Waals surface area contributed by atoms with Crippen LogP contribution in [0.1, 0.15) is 24.5 Å². The zero-order valence-electron chi connectivity index (χ0n) is 13.4. The van der Waals surface area contributed by atoms with E-state index in [4.69, 9.17) is 9.47 Å². The van der Waals surface area contributed by atoms with Crippen molar-refractivity contribution in [2.45, 2.75) is 20.0 Å². The summed E-state index contributed by atoms with van der Waals surface area (Å²) in [6, 6.07) is 14.1. The summed E-state index contributed by atoms with van der Waals surface area (Å²) in [5.74, 6) is 0.504. The molecule has 0 amide bonds. The van der Waals surface area contributed by atoms with Crippen LogP contribution < -0.4 is 4.74 Å². The molecule has 0 aliphatic carbocycles. The molecule has 2 rings (SSSR count). The zero-order chi connectivity index (χ0) is 16.3. The van der Waals surface area contributed by atoms with E-state index in [2.05, 4.69) is 4.99 Å². The second-order valence-electron chi connectivity index (χ2n) is 5.07. The van der Waals surface area contributed by atoms with Crippen molar-refractivity contribution in [3.8, 4) is 5.75 Å². The van der Waals surface area contributed by atoms with Gasteiger partial charge < -0.3 is 9.47 Å². The van der Waals surface area contributed by atoms with Gasteiger partial charge in [0.2, 0.25) is 0 Å². The Morgan fingerprint density at radius 1 is 1.13 bits per heavy atom. The van der Waals surface area contributed by atoms with Crippen LogP contribution in [-0.2, 0) is 11.3 Å². The van der Waals surface area contributed by atoms with Crippen LogP contribution in [0.3, 0.4) is 0 Å². The molecule has 0 bridgehead atoms.